The van der Waals surface area contributed by atoms with Crippen molar-refractivity contribution in [2.45, 2.75) is 25.7 Å². The van der Waals surface area contributed by atoms with E-state index in [1.165, 1.54) is 23.1 Å². The average Bonchev–Trinajstić information content (AvgIpc) is 3.39. The molecule has 0 unspecified atom stereocenters. The maximum atomic E-state index is 12.6. The minimum atomic E-state index is -0.704. The zero-order valence-electron chi connectivity index (χ0n) is 15.6. The molecule has 1 aromatic rings. The second-order valence-corrected chi connectivity index (χ2v) is 7.85. The summed E-state index contributed by atoms with van der Waals surface area (Å²) < 4.78 is 4.93. The van der Waals surface area contributed by atoms with E-state index >= 15 is 0 Å². The molecule has 9 heteroatoms. The van der Waals surface area contributed by atoms with Crippen molar-refractivity contribution in [3.8, 4) is 0 Å². The molecule has 3 fully saturated rings. The van der Waals surface area contributed by atoms with E-state index in [9.17, 15) is 29.3 Å². The number of hydrogen-bond donors (Lipinski definition) is 0. The Morgan fingerprint density at radius 2 is 1.79 bits per heavy atom. The fraction of sp³-hybridized carbons (Fsp3) is 0.500. The number of carbonyl (C=O) groups is 4. The Morgan fingerprint density at radius 3 is 2.41 bits per heavy atom. The molecule has 3 aliphatic rings. The molecular formula is C20H20N2O7. The predicted molar refractivity (Wildman–Crippen MR) is 97.5 cm³/mol. The summed E-state index contributed by atoms with van der Waals surface area (Å²) in [4.78, 5) is 60.5. The van der Waals surface area contributed by atoms with Crippen molar-refractivity contribution in [2.24, 2.45) is 23.7 Å². The van der Waals surface area contributed by atoms with Crippen LogP contribution in [0, 0.1) is 33.8 Å². The molecule has 9 nitrogen and oxygen atoms in total. The first-order valence-electron chi connectivity index (χ1n) is 9.65. The lowest BCUT2D eigenvalue weighted by Crippen LogP contribution is -2.35. The fourth-order valence-corrected chi connectivity index (χ4v) is 4.99. The Kier molecular flexibility index (Phi) is 4.89. The molecule has 4 atom stereocenters. The molecule has 0 radical (unpaired) electrons. The van der Waals surface area contributed by atoms with Gasteiger partial charge in [0, 0.05) is 24.2 Å². The van der Waals surface area contributed by atoms with Crippen LogP contribution in [-0.2, 0) is 19.1 Å². The number of esters is 1. The Hall–Kier alpha value is -3.10. The van der Waals surface area contributed by atoms with E-state index in [4.69, 9.17) is 4.74 Å². The lowest BCUT2D eigenvalue weighted by Gasteiger charge is -2.19. The van der Waals surface area contributed by atoms with Gasteiger partial charge in [0.1, 0.15) is 0 Å². The van der Waals surface area contributed by atoms with Crippen LogP contribution < -0.4 is 0 Å². The monoisotopic (exact) mass is 400 g/mol. The van der Waals surface area contributed by atoms with Gasteiger partial charge in [0.15, 0.2) is 6.61 Å². The van der Waals surface area contributed by atoms with Crippen molar-refractivity contribution in [3.63, 3.8) is 0 Å². The van der Waals surface area contributed by atoms with Gasteiger partial charge in [-0.2, -0.15) is 0 Å². The molecule has 2 aliphatic carbocycles. The van der Waals surface area contributed by atoms with E-state index in [1.54, 1.807) is 0 Å². The summed E-state index contributed by atoms with van der Waals surface area (Å²) in [5.41, 5.74) is -0.159. The fourth-order valence-electron chi connectivity index (χ4n) is 4.99. The molecule has 0 N–H and O–H groups in total. The van der Waals surface area contributed by atoms with Gasteiger partial charge in [0.05, 0.1) is 23.2 Å². The summed E-state index contributed by atoms with van der Waals surface area (Å²) in [7, 11) is 0. The summed E-state index contributed by atoms with van der Waals surface area (Å²) in [6.07, 6.45) is 2.73. The summed E-state index contributed by atoms with van der Waals surface area (Å²) >= 11 is 0. The standard InChI is InChI=1S/C20H20N2O7/c23-15(11-2-1-3-14(9-11)22(27)28)10-29-16(24)6-7-21-19(25)17-12-4-5-13(8-12)18(17)20(21)26/h1-3,9,12-13,17-18H,4-8,10H2/t12-,13-,17+,18+/m0/s1. The number of non-ortho nitro benzene ring substituents is 1. The van der Waals surface area contributed by atoms with E-state index in [0.29, 0.717) is 0 Å². The normalized spacial score (nSPS) is 27.2. The van der Waals surface area contributed by atoms with Gasteiger partial charge in [-0.15, -0.1) is 0 Å². The predicted octanol–water partition coefficient (Wildman–Crippen LogP) is 1.74. The lowest BCUT2D eigenvalue weighted by molar-refractivity contribution is -0.384. The molecule has 0 aromatic heterocycles. The first kappa shape index (κ1) is 19.2. The number of hydrogen-bond acceptors (Lipinski definition) is 7. The first-order valence-corrected chi connectivity index (χ1v) is 9.65. The van der Waals surface area contributed by atoms with E-state index in [1.807, 2.05) is 0 Å². The van der Waals surface area contributed by atoms with Crippen molar-refractivity contribution in [1.29, 1.82) is 0 Å². The van der Waals surface area contributed by atoms with Crippen LogP contribution >= 0.6 is 0 Å². The molecule has 1 saturated heterocycles. The maximum absolute atomic E-state index is 12.6. The second kappa shape index (κ2) is 7.38. The number of Topliss-reactive ketones (excluding diaryl/α,β-unsaturated/α-hetero) is 1. The number of ketones is 1. The number of nitrogens with zero attached hydrogens (tertiary/aromatic N) is 2. The summed E-state index contributed by atoms with van der Waals surface area (Å²) in [5.74, 6) is -1.54. The Bertz CT molecular complexity index is 884. The minimum absolute atomic E-state index is 0.0477. The molecule has 1 heterocycles. The van der Waals surface area contributed by atoms with Crippen LogP contribution in [0.4, 0.5) is 5.69 Å². The lowest BCUT2D eigenvalue weighted by atomic mass is 9.81. The quantitative estimate of drug-likeness (QED) is 0.224. The van der Waals surface area contributed by atoms with Gasteiger partial charge in [-0.1, -0.05) is 12.1 Å². The number of rotatable bonds is 7. The van der Waals surface area contributed by atoms with Crippen LogP contribution in [0.2, 0.25) is 0 Å². The smallest absolute Gasteiger partial charge is 0.308 e. The van der Waals surface area contributed by atoms with Crippen molar-refractivity contribution >= 4 is 29.3 Å². The number of imide groups is 1. The number of ether oxygens (including phenoxy) is 1. The van der Waals surface area contributed by atoms with Gasteiger partial charge in [-0.25, -0.2) is 0 Å². The van der Waals surface area contributed by atoms with Crippen molar-refractivity contribution < 1.29 is 28.8 Å². The third-order valence-corrected chi connectivity index (χ3v) is 6.30. The van der Waals surface area contributed by atoms with E-state index in [0.717, 1.165) is 25.3 Å². The van der Waals surface area contributed by atoms with Crippen molar-refractivity contribution in [1.82, 2.24) is 4.90 Å². The first-order chi connectivity index (χ1) is 13.9. The summed E-state index contributed by atoms with van der Waals surface area (Å²) in [5, 5.41) is 10.8. The second-order valence-electron chi connectivity index (χ2n) is 7.85. The van der Waals surface area contributed by atoms with Crippen molar-refractivity contribution in [3.05, 3.63) is 39.9 Å². The van der Waals surface area contributed by atoms with Gasteiger partial charge in [0.25, 0.3) is 5.69 Å². The Morgan fingerprint density at radius 1 is 1.14 bits per heavy atom. The molecule has 2 bridgehead atoms. The van der Waals surface area contributed by atoms with Gasteiger partial charge < -0.3 is 4.74 Å². The molecule has 1 aliphatic heterocycles. The Balaban J connectivity index is 1.28. The van der Waals surface area contributed by atoms with E-state index in [2.05, 4.69) is 0 Å². The van der Waals surface area contributed by atoms with E-state index in [-0.39, 0.29) is 59.7 Å². The summed E-state index contributed by atoms with van der Waals surface area (Å²) in [6.45, 7) is -0.606. The van der Waals surface area contributed by atoms with Crippen LogP contribution in [0.3, 0.4) is 0 Å². The number of nitro groups is 1. The zero-order valence-corrected chi connectivity index (χ0v) is 15.6. The summed E-state index contributed by atoms with van der Waals surface area (Å²) in [6, 6.07) is 5.15. The Labute approximate surface area is 166 Å². The zero-order chi connectivity index (χ0) is 20.7. The molecule has 2 amide bonds. The number of amides is 2. The van der Waals surface area contributed by atoms with Crippen LogP contribution in [-0.4, -0.2) is 46.5 Å². The third-order valence-electron chi connectivity index (χ3n) is 6.30. The topological polar surface area (TPSA) is 124 Å². The molecule has 4 rings (SSSR count). The SMILES string of the molecule is O=C(CCN1C(=O)[C@@H]2[C@H]3CC[C@@H](C3)[C@H]2C1=O)OCC(=O)c1cccc([N+](=O)[O-])c1. The highest BCUT2D eigenvalue weighted by atomic mass is 16.6. The highest BCUT2D eigenvalue weighted by molar-refractivity contribution is 6.06. The highest BCUT2D eigenvalue weighted by Gasteiger charge is 2.60. The molecule has 29 heavy (non-hydrogen) atoms. The van der Waals surface area contributed by atoms with Crippen LogP contribution in [0.5, 0.6) is 0 Å². The van der Waals surface area contributed by atoms with Crippen LogP contribution in [0.1, 0.15) is 36.0 Å². The molecule has 152 valence electrons. The number of carbonyl (C=O) groups excluding carboxylic acids is 4. The number of benzene rings is 1. The third kappa shape index (κ3) is 3.41. The van der Waals surface area contributed by atoms with Gasteiger partial charge in [-0.05, 0) is 31.1 Å². The maximum Gasteiger partial charge on any atom is 0.308 e. The highest BCUT2D eigenvalue weighted by Crippen LogP contribution is 2.56. The van der Waals surface area contributed by atoms with Crippen LogP contribution in [0.25, 0.3) is 0 Å². The molecule has 1 aromatic carbocycles. The van der Waals surface area contributed by atoms with Gasteiger partial charge in [-0.3, -0.25) is 34.2 Å². The van der Waals surface area contributed by atoms with Gasteiger partial charge >= 0.3 is 5.97 Å². The van der Waals surface area contributed by atoms with Crippen molar-refractivity contribution in [2.75, 3.05) is 13.2 Å². The average molecular weight is 400 g/mol. The molecule has 0 spiro atoms. The van der Waals surface area contributed by atoms with Crippen LogP contribution in [0.15, 0.2) is 24.3 Å². The number of fused-ring (bicyclic) bond motifs is 5. The van der Waals surface area contributed by atoms with E-state index < -0.39 is 23.3 Å². The largest absolute Gasteiger partial charge is 0.457 e. The number of likely N-dealkylation sites (tertiary alicyclic amines) is 1. The molecule has 2 saturated carbocycles. The minimum Gasteiger partial charge on any atom is -0.457 e. The molecular weight excluding hydrogens is 380 g/mol. The van der Waals surface area contributed by atoms with Gasteiger partial charge in [0.2, 0.25) is 17.6 Å². The number of nitro benzene ring substituents is 1.